The van der Waals surface area contributed by atoms with E-state index in [-0.39, 0.29) is 24.0 Å². The van der Waals surface area contributed by atoms with E-state index in [4.69, 9.17) is 4.74 Å². The lowest BCUT2D eigenvalue weighted by molar-refractivity contribution is -0.118. The third-order valence-electron chi connectivity index (χ3n) is 5.19. The number of nitrogens with zero attached hydrogens (tertiary/aromatic N) is 1. The summed E-state index contributed by atoms with van der Waals surface area (Å²) in [6.45, 7) is 0.117. The van der Waals surface area contributed by atoms with E-state index in [0.717, 1.165) is 16.3 Å². The summed E-state index contributed by atoms with van der Waals surface area (Å²) < 4.78 is 32.6. The molecule has 1 N–H and O–H groups in total. The Morgan fingerprint density at radius 3 is 2.24 bits per heavy atom. The summed E-state index contributed by atoms with van der Waals surface area (Å²) in [6, 6.07) is 29.0. The summed E-state index contributed by atoms with van der Waals surface area (Å²) in [4.78, 5) is 12.4. The summed E-state index contributed by atoms with van der Waals surface area (Å²) in [5.74, 6) is 0.270. The first-order chi connectivity index (χ1) is 15.9. The van der Waals surface area contributed by atoms with E-state index in [1.54, 1.807) is 19.2 Å². The number of fused-ring (bicyclic) bond motifs is 1. The van der Waals surface area contributed by atoms with Crippen molar-refractivity contribution in [1.82, 2.24) is 4.31 Å². The summed E-state index contributed by atoms with van der Waals surface area (Å²) in [6.07, 6.45) is 0. The highest BCUT2D eigenvalue weighted by molar-refractivity contribution is 7.89. The molecule has 168 valence electrons. The van der Waals surface area contributed by atoms with Gasteiger partial charge in [-0.15, -0.1) is 0 Å². The predicted octanol–water partition coefficient (Wildman–Crippen LogP) is 4.68. The van der Waals surface area contributed by atoms with Gasteiger partial charge in [0, 0.05) is 19.3 Å². The van der Waals surface area contributed by atoms with Gasteiger partial charge in [0.2, 0.25) is 10.0 Å². The number of carbonyl (C=O) groups excluding carboxylic acids is 1. The van der Waals surface area contributed by atoms with Crippen LogP contribution in [0, 0.1) is 0 Å². The maximum atomic E-state index is 12.8. The maximum Gasteiger partial charge on any atom is 0.262 e. The van der Waals surface area contributed by atoms with E-state index >= 15 is 0 Å². The summed E-state index contributed by atoms with van der Waals surface area (Å²) >= 11 is 0. The van der Waals surface area contributed by atoms with E-state index in [1.807, 2.05) is 72.8 Å². The van der Waals surface area contributed by atoms with E-state index in [0.29, 0.717) is 11.4 Å². The lowest BCUT2D eigenvalue weighted by atomic mass is 10.1. The minimum Gasteiger partial charge on any atom is -0.484 e. The quantitative estimate of drug-likeness (QED) is 0.414. The molecule has 0 saturated carbocycles. The van der Waals surface area contributed by atoms with Crippen LogP contribution in [0.3, 0.4) is 0 Å². The molecule has 0 aromatic heterocycles. The van der Waals surface area contributed by atoms with Crippen molar-refractivity contribution in [3.05, 3.63) is 103 Å². The van der Waals surface area contributed by atoms with Crippen molar-refractivity contribution in [2.45, 2.75) is 11.4 Å². The molecule has 0 saturated heterocycles. The molecule has 4 aromatic rings. The van der Waals surface area contributed by atoms with E-state index in [2.05, 4.69) is 5.32 Å². The number of hydrogen-bond acceptors (Lipinski definition) is 4. The number of rotatable bonds is 8. The zero-order chi connectivity index (χ0) is 23.3. The Morgan fingerprint density at radius 2 is 1.52 bits per heavy atom. The van der Waals surface area contributed by atoms with Crippen molar-refractivity contribution >= 4 is 32.4 Å². The molecule has 1 amide bonds. The zero-order valence-corrected chi connectivity index (χ0v) is 19.0. The van der Waals surface area contributed by atoms with Gasteiger partial charge in [-0.05, 0) is 52.7 Å². The second-order valence-electron chi connectivity index (χ2n) is 7.62. The van der Waals surface area contributed by atoms with Crippen LogP contribution in [-0.2, 0) is 21.4 Å². The molecular formula is C26H24N2O4S. The molecule has 0 atom stereocenters. The molecule has 7 heteroatoms. The first kappa shape index (κ1) is 22.5. The van der Waals surface area contributed by atoms with Crippen LogP contribution in [0.4, 0.5) is 5.69 Å². The van der Waals surface area contributed by atoms with Gasteiger partial charge in [-0.3, -0.25) is 4.79 Å². The molecule has 33 heavy (non-hydrogen) atoms. The molecule has 0 aliphatic carbocycles. The summed E-state index contributed by atoms with van der Waals surface area (Å²) in [7, 11) is -2.11. The van der Waals surface area contributed by atoms with Crippen LogP contribution in [-0.4, -0.2) is 32.3 Å². The fourth-order valence-corrected chi connectivity index (χ4v) is 4.58. The Morgan fingerprint density at radius 1 is 0.848 bits per heavy atom. The van der Waals surface area contributed by atoms with Gasteiger partial charge < -0.3 is 10.1 Å². The highest BCUT2D eigenvalue weighted by atomic mass is 32.2. The van der Waals surface area contributed by atoms with Gasteiger partial charge in [-0.1, -0.05) is 60.7 Å². The van der Waals surface area contributed by atoms with Gasteiger partial charge in [0.25, 0.3) is 5.91 Å². The molecule has 4 aromatic carbocycles. The lowest BCUT2D eigenvalue weighted by Crippen LogP contribution is -2.26. The molecule has 0 radical (unpaired) electrons. The average Bonchev–Trinajstić information content (AvgIpc) is 2.83. The molecular weight excluding hydrogens is 436 g/mol. The zero-order valence-electron chi connectivity index (χ0n) is 18.1. The van der Waals surface area contributed by atoms with Crippen LogP contribution < -0.4 is 10.1 Å². The molecule has 0 unspecified atom stereocenters. The molecule has 0 aliphatic rings. The molecule has 6 nitrogen and oxygen atoms in total. The van der Waals surface area contributed by atoms with Crippen LogP contribution in [0.5, 0.6) is 5.75 Å². The second-order valence-corrected chi connectivity index (χ2v) is 9.66. The Bertz CT molecular complexity index is 1350. The third-order valence-corrected chi connectivity index (χ3v) is 7.00. The second kappa shape index (κ2) is 9.85. The van der Waals surface area contributed by atoms with Crippen molar-refractivity contribution in [1.29, 1.82) is 0 Å². The summed E-state index contributed by atoms with van der Waals surface area (Å²) in [5, 5.41) is 4.85. The number of carbonyl (C=O) groups is 1. The number of amides is 1. The van der Waals surface area contributed by atoms with Crippen molar-refractivity contribution in [3.63, 3.8) is 0 Å². The SMILES string of the molecule is CN(Cc1ccccc1)S(=O)(=O)c1ccc(NC(=O)COc2ccc3ccccc3c2)cc1. The minimum absolute atomic E-state index is 0.155. The monoisotopic (exact) mass is 460 g/mol. The fraction of sp³-hybridized carbons (Fsp3) is 0.115. The first-order valence-electron chi connectivity index (χ1n) is 10.4. The number of ether oxygens (including phenoxy) is 1. The minimum atomic E-state index is -3.65. The van der Waals surface area contributed by atoms with Crippen molar-refractivity contribution in [2.75, 3.05) is 19.0 Å². The predicted molar refractivity (Wildman–Crippen MR) is 130 cm³/mol. The Balaban J connectivity index is 1.34. The average molecular weight is 461 g/mol. The summed E-state index contributed by atoms with van der Waals surface area (Å²) in [5.41, 5.74) is 1.39. The van der Waals surface area contributed by atoms with Gasteiger partial charge >= 0.3 is 0 Å². The smallest absolute Gasteiger partial charge is 0.262 e. The number of sulfonamides is 1. The van der Waals surface area contributed by atoms with Crippen molar-refractivity contribution in [3.8, 4) is 5.75 Å². The van der Waals surface area contributed by atoms with Gasteiger partial charge in [-0.2, -0.15) is 4.31 Å². The molecule has 0 bridgehead atoms. The largest absolute Gasteiger partial charge is 0.484 e. The van der Waals surface area contributed by atoms with Gasteiger partial charge in [0.05, 0.1) is 4.90 Å². The fourth-order valence-electron chi connectivity index (χ4n) is 3.42. The normalized spacial score (nSPS) is 11.5. The number of benzene rings is 4. The van der Waals surface area contributed by atoms with Crippen molar-refractivity contribution in [2.24, 2.45) is 0 Å². The molecule has 0 heterocycles. The van der Waals surface area contributed by atoms with Crippen LogP contribution >= 0.6 is 0 Å². The Labute approximate surface area is 193 Å². The highest BCUT2D eigenvalue weighted by Gasteiger charge is 2.21. The topological polar surface area (TPSA) is 75.7 Å². The Kier molecular flexibility index (Phi) is 6.72. The molecule has 0 spiro atoms. The van der Waals surface area contributed by atoms with Gasteiger partial charge in [0.15, 0.2) is 6.61 Å². The standard InChI is InChI=1S/C26H24N2O4S/c1-28(18-20-7-3-2-4-8-20)33(30,31)25-15-12-23(13-16-25)27-26(29)19-32-24-14-11-21-9-5-6-10-22(21)17-24/h2-17H,18-19H2,1H3,(H,27,29). The van der Waals surface area contributed by atoms with Crippen molar-refractivity contribution < 1.29 is 17.9 Å². The van der Waals surface area contributed by atoms with E-state index in [9.17, 15) is 13.2 Å². The van der Waals surface area contributed by atoms with E-state index in [1.165, 1.54) is 16.4 Å². The molecule has 4 rings (SSSR count). The third kappa shape index (κ3) is 5.58. The number of hydrogen-bond donors (Lipinski definition) is 1. The van der Waals surface area contributed by atoms with Crippen LogP contribution in [0.1, 0.15) is 5.56 Å². The number of nitrogens with one attached hydrogen (secondary N) is 1. The first-order valence-corrected chi connectivity index (χ1v) is 11.9. The maximum absolute atomic E-state index is 12.8. The van der Waals surface area contributed by atoms with Gasteiger partial charge in [0.1, 0.15) is 5.75 Å². The van der Waals surface area contributed by atoms with Crippen LogP contribution in [0.25, 0.3) is 10.8 Å². The van der Waals surface area contributed by atoms with Crippen LogP contribution in [0.2, 0.25) is 0 Å². The van der Waals surface area contributed by atoms with Gasteiger partial charge in [-0.25, -0.2) is 8.42 Å². The van der Waals surface area contributed by atoms with E-state index < -0.39 is 10.0 Å². The molecule has 0 aliphatic heterocycles. The Hall–Kier alpha value is -3.68. The van der Waals surface area contributed by atoms with Crippen LogP contribution in [0.15, 0.2) is 102 Å². The number of anilines is 1. The molecule has 0 fully saturated rings. The lowest BCUT2D eigenvalue weighted by Gasteiger charge is -2.17. The highest BCUT2D eigenvalue weighted by Crippen LogP contribution is 2.21.